The second kappa shape index (κ2) is 28.7. The first-order valence-corrected chi connectivity index (χ1v) is 21.9. The zero-order valence-corrected chi connectivity index (χ0v) is 34.6. The van der Waals surface area contributed by atoms with Crippen molar-refractivity contribution in [3.63, 3.8) is 0 Å². The Morgan fingerprint density at radius 3 is 2.19 bits per heavy atom. The van der Waals surface area contributed by atoms with Gasteiger partial charge < -0.3 is 39.1 Å². The van der Waals surface area contributed by atoms with E-state index in [0.717, 1.165) is 38.5 Å². The quantitative estimate of drug-likeness (QED) is 0.0252. The molecule has 0 aromatic heterocycles. The standard InChI is InChI=1S/C41H75N2O9P/c1-6-8-10-11-12-13-14-15-16-17-22-26-38(45)37(33-52-53(49,50)51-31-30-43(3,4)5)42-41(48)27-23-19-18-21-25-35-36(40(47)32-39(35)46)29-28-34(44)24-20-9-7-2/h18,21-22,26,28-29,34-39,44-46H,6-17,19-20,23-25,27,30-33H2,1-5H3,(H-,42,48,49,50)/b21-18-,26-22+,29-28+/t34-,35+,36+,37-,38+,39-/m0/s1. The Hall–Kier alpha value is -1.69. The molecule has 7 atom stereocenters. The molecule has 0 spiro atoms. The summed E-state index contributed by atoms with van der Waals surface area (Å²) in [7, 11) is 1.09. The Bertz CT molecular complexity index is 1120. The molecule has 0 aromatic rings. The van der Waals surface area contributed by atoms with Crippen LogP contribution in [0.2, 0.25) is 0 Å². The third-order valence-corrected chi connectivity index (χ3v) is 10.7. The SMILES string of the molecule is CCCCCCCCCCC/C=C/[C@@H](O)[C@H](COP(=O)([O-])OCC[N+](C)(C)C)NC(=O)CCC/C=C\C[C@H]1[C@@H](O)CC(=O)[C@@H]1/C=C/[C@@H](O)CCCCC. The molecule has 1 fully saturated rings. The first kappa shape index (κ1) is 49.3. The van der Waals surface area contributed by atoms with Crippen molar-refractivity contribution in [2.24, 2.45) is 11.8 Å². The van der Waals surface area contributed by atoms with Gasteiger partial charge in [-0.1, -0.05) is 121 Å². The second-order valence-electron chi connectivity index (χ2n) is 15.8. The highest BCUT2D eigenvalue weighted by atomic mass is 31.2. The Morgan fingerprint density at radius 2 is 1.53 bits per heavy atom. The van der Waals surface area contributed by atoms with Gasteiger partial charge in [0.1, 0.15) is 18.9 Å². The summed E-state index contributed by atoms with van der Waals surface area (Å²) in [6.07, 6.45) is 25.5. The molecule has 1 amide bonds. The maximum atomic E-state index is 12.9. The molecule has 1 rings (SSSR count). The highest BCUT2D eigenvalue weighted by molar-refractivity contribution is 7.45. The van der Waals surface area contributed by atoms with Crippen LogP contribution in [0.15, 0.2) is 36.5 Å². The number of phosphoric acid groups is 1. The lowest BCUT2D eigenvalue weighted by atomic mass is 9.90. The van der Waals surface area contributed by atoms with Gasteiger partial charge in [0.25, 0.3) is 7.82 Å². The summed E-state index contributed by atoms with van der Waals surface area (Å²) < 4.78 is 23.1. The average Bonchev–Trinajstić information content (AvgIpc) is 3.36. The highest BCUT2D eigenvalue weighted by Gasteiger charge is 2.39. The minimum atomic E-state index is -4.66. The molecular formula is C41H75N2O9P. The number of hydrogen-bond acceptors (Lipinski definition) is 9. The van der Waals surface area contributed by atoms with Crippen LogP contribution >= 0.6 is 7.82 Å². The van der Waals surface area contributed by atoms with Gasteiger partial charge in [-0.2, -0.15) is 0 Å². The molecule has 1 aliphatic rings. The molecule has 0 bridgehead atoms. The molecular weight excluding hydrogens is 695 g/mol. The van der Waals surface area contributed by atoms with Crippen LogP contribution in [0.1, 0.15) is 136 Å². The second-order valence-corrected chi connectivity index (χ2v) is 17.2. The minimum absolute atomic E-state index is 0.0206. The van der Waals surface area contributed by atoms with Crippen LogP contribution < -0.4 is 10.2 Å². The summed E-state index contributed by atoms with van der Waals surface area (Å²) in [5.74, 6) is -1.05. The molecule has 0 saturated heterocycles. The van der Waals surface area contributed by atoms with Crippen LogP contribution in [0.3, 0.4) is 0 Å². The molecule has 1 saturated carbocycles. The van der Waals surface area contributed by atoms with Gasteiger partial charge in [0.15, 0.2) is 0 Å². The zero-order valence-electron chi connectivity index (χ0n) is 33.7. The maximum Gasteiger partial charge on any atom is 0.268 e. The molecule has 0 radical (unpaired) electrons. The number of unbranched alkanes of at least 4 members (excludes halogenated alkanes) is 12. The van der Waals surface area contributed by atoms with Crippen molar-refractivity contribution < 1.29 is 47.9 Å². The molecule has 0 aliphatic heterocycles. The summed E-state index contributed by atoms with van der Waals surface area (Å²) in [6, 6.07) is -0.988. The maximum absolute atomic E-state index is 12.9. The van der Waals surface area contributed by atoms with Gasteiger partial charge in [0, 0.05) is 24.7 Å². The summed E-state index contributed by atoms with van der Waals surface area (Å²) in [5, 5.41) is 34.4. The number of nitrogens with one attached hydrogen (secondary N) is 1. The Kier molecular flexibility index (Phi) is 26.7. The third kappa shape index (κ3) is 25.2. The normalized spacial score (nSPS) is 21.2. The van der Waals surface area contributed by atoms with E-state index in [9.17, 15) is 34.4 Å². The van der Waals surface area contributed by atoms with E-state index in [0.29, 0.717) is 36.7 Å². The third-order valence-electron chi connectivity index (χ3n) is 9.72. The van der Waals surface area contributed by atoms with E-state index in [2.05, 4.69) is 19.2 Å². The van der Waals surface area contributed by atoms with Gasteiger partial charge in [-0.05, 0) is 38.5 Å². The van der Waals surface area contributed by atoms with Gasteiger partial charge in [0.2, 0.25) is 5.91 Å². The van der Waals surface area contributed by atoms with E-state index >= 15 is 0 Å². The van der Waals surface area contributed by atoms with Crippen molar-refractivity contribution in [2.75, 3.05) is 40.9 Å². The van der Waals surface area contributed by atoms with E-state index in [-0.39, 0.29) is 37.1 Å². The van der Waals surface area contributed by atoms with E-state index in [1.165, 1.54) is 44.9 Å². The van der Waals surface area contributed by atoms with Crippen molar-refractivity contribution in [2.45, 2.75) is 160 Å². The van der Waals surface area contributed by atoms with Crippen molar-refractivity contribution in [1.82, 2.24) is 5.32 Å². The molecule has 12 heteroatoms. The number of quaternary nitrogens is 1. The topological polar surface area (TPSA) is 165 Å². The number of likely N-dealkylation sites (N-methyl/N-ethyl adjacent to an activating group) is 1. The van der Waals surface area contributed by atoms with Crippen molar-refractivity contribution >= 4 is 19.5 Å². The summed E-state index contributed by atoms with van der Waals surface area (Å²) in [4.78, 5) is 37.9. The largest absolute Gasteiger partial charge is 0.756 e. The van der Waals surface area contributed by atoms with E-state index in [1.54, 1.807) is 18.2 Å². The Balaban J connectivity index is 2.63. The summed E-state index contributed by atoms with van der Waals surface area (Å²) in [5.41, 5.74) is 0. The Labute approximate surface area is 321 Å². The molecule has 0 heterocycles. The first-order valence-electron chi connectivity index (χ1n) is 20.5. The predicted molar refractivity (Wildman–Crippen MR) is 211 cm³/mol. The molecule has 1 aliphatic carbocycles. The van der Waals surface area contributed by atoms with E-state index in [4.69, 9.17) is 9.05 Å². The fourth-order valence-corrected chi connectivity index (χ4v) is 7.03. The van der Waals surface area contributed by atoms with Crippen LogP contribution in [0.4, 0.5) is 0 Å². The lowest BCUT2D eigenvalue weighted by Crippen LogP contribution is -2.45. The van der Waals surface area contributed by atoms with Crippen LogP contribution in [0.25, 0.3) is 0 Å². The number of hydrogen-bond donors (Lipinski definition) is 4. The monoisotopic (exact) mass is 771 g/mol. The van der Waals surface area contributed by atoms with Gasteiger partial charge in [-0.3, -0.25) is 14.2 Å². The van der Waals surface area contributed by atoms with E-state index in [1.807, 2.05) is 39.4 Å². The molecule has 0 aromatic carbocycles. The highest BCUT2D eigenvalue weighted by Crippen LogP contribution is 2.38. The number of Topliss-reactive ketones (excluding diaryl/α,β-unsaturated/α-hetero) is 1. The van der Waals surface area contributed by atoms with Crippen LogP contribution in [-0.4, -0.2) is 96.7 Å². The first-order chi connectivity index (χ1) is 25.2. The number of carbonyl (C=O) groups excluding carboxylic acids is 2. The van der Waals surface area contributed by atoms with Crippen LogP contribution in [-0.2, 0) is 23.2 Å². The summed E-state index contributed by atoms with van der Waals surface area (Å²) in [6.45, 7) is 4.26. The molecule has 4 N–H and O–H groups in total. The number of aliphatic hydroxyl groups is 3. The van der Waals surface area contributed by atoms with E-state index < -0.39 is 44.7 Å². The smallest absolute Gasteiger partial charge is 0.268 e. The zero-order chi connectivity index (χ0) is 39.5. The number of phosphoric ester groups is 1. The van der Waals surface area contributed by atoms with Crippen LogP contribution in [0.5, 0.6) is 0 Å². The number of nitrogens with zero attached hydrogens (tertiary/aromatic N) is 1. The van der Waals surface area contributed by atoms with Crippen molar-refractivity contribution in [3.8, 4) is 0 Å². The van der Waals surface area contributed by atoms with Gasteiger partial charge in [0.05, 0.1) is 52.1 Å². The van der Waals surface area contributed by atoms with Gasteiger partial charge in [-0.25, -0.2) is 0 Å². The summed E-state index contributed by atoms with van der Waals surface area (Å²) >= 11 is 0. The number of rotatable bonds is 32. The van der Waals surface area contributed by atoms with Gasteiger partial charge in [-0.15, -0.1) is 0 Å². The number of aliphatic hydroxyl groups excluding tert-OH is 3. The molecule has 53 heavy (non-hydrogen) atoms. The van der Waals surface area contributed by atoms with Gasteiger partial charge >= 0.3 is 0 Å². The van der Waals surface area contributed by atoms with Crippen molar-refractivity contribution in [1.29, 1.82) is 0 Å². The molecule has 1 unspecified atom stereocenters. The fourth-order valence-electron chi connectivity index (χ4n) is 6.31. The predicted octanol–water partition coefficient (Wildman–Crippen LogP) is 6.70. The lowest BCUT2D eigenvalue weighted by Gasteiger charge is -2.29. The Morgan fingerprint density at radius 1 is 0.906 bits per heavy atom. The number of carbonyl (C=O) groups is 2. The number of amides is 1. The fraction of sp³-hybridized carbons (Fsp3) is 0.805. The van der Waals surface area contributed by atoms with Crippen LogP contribution in [0, 0.1) is 11.8 Å². The molecule has 11 nitrogen and oxygen atoms in total. The number of allylic oxidation sites excluding steroid dienone is 4. The lowest BCUT2D eigenvalue weighted by molar-refractivity contribution is -0.870. The average molecular weight is 771 g/mol. The van der Waals surface area contributed by atoms with Crippen molar-refractivity contribution in [3.05, 3.63) is 36.5 Å². The number of ketones is 1. The minimum Gasteiger partial charge on any atom is -0.756 e. The molecule has 308 valence electrons.